The average Bonchev–Trinajstić information content (AvgIpc) is 2.48. The van der Waals surface area contributed by atoms with Crippen LogP contribution in [0.15, 0.2) is 54.9 Å². The number of hydrogen-bond donors (Lipinski definition) is 2. The summed E-state index contributed by atoms with van der Waals surface area (Å²) < 4.78 is 0. The zero-order valence-corrected chi connectivity index (χ0v) is 11.0. The number of carbonyl (C=O) groups is 1. The van der Waals surface area contributed by atoms with Crippen molar-refractivity contribution in [2.45, 2.75) is 6.42 Å². The molecule has 0 fully saturated rings. The van der Waals surface area contributed by atoms with Gasteiger partial charge in [0.2, 0.25) is 5.91 Å². The minimum Gasteiger partial charge on any atom is -0.508 e. The van der Waals surface area contributed by atoms with Crippen LogP contribution in [-0.4, -0.2) is 22.5 Å². The van der Waals surface area contributed by atoms with Crippen molar-refractivity contribution in [3.05, 3.63) is 66.0 Å². The fourth-order valence-corrected chi connectivity index (χ4v) is 1.70. The maximum absolute atomic E-state index is 11.6. The van der Waals surface area contributed by atoms with Gasteiger partial charge in [0.25, 0.3) is 0 Å². The molecular weight excluding hydrogens is 252 g/mol. The Balaban J connectivity index is 1.75. The number of pyridine rings is 1. The van der Waals surface area contributed by atoms with Crippen molar-refractivity contribution < 1.29 is 9.90 Å². The molecule has 1 heterocycles. The minimum absolute atomic E-state index is 0.132. The van der Waals surface area contributed by atoms with Gasteiger partial charge in [-0.1, -0.05) is 18.2 Å². The monoisotopic (exact) mass is 268 g/mol. The van der Waals surface area contributed by atoms with Gasteiger partial charge < -0.3 is 10.4 Å². The van der Waals surface area contributed by atoms with Gasteiger partial charge in [0.15, 0.2) is 0 Å². The molecule has 0 saturated heterocycles. The fraction of sp³-hybridized carbons (Fsp3) is 0.125. The maximum Gasteiger partial charge on any atom is 0.244 e. The molecule has 0 atom stereocenters. The summed E-state index contributed by atoms with van der Waals surface area (Å²) in [5, 5.41) is 12.0. The number of rotatable bonds is 5. The van der Waals surface area contributed by atoms with E-state index in [4.69, 9.17) is 5.11 Å². The van der Waals surface area contributed by atoms with E-state index in [1.54, 1.807) is 30.6 Å². The molecule has 4 nitrogen and oxygen atoms in total. The number of nitrogens with zero attached hydrogens (tertiary/aromatic N) is 1. The van der Waals surface area contributed by atoms with Crippen molar-refractivity contribution in [2.24, 2.45) is 0 Å². The molecule has 1 aromatic heterocycles. The van der Waals surface area contributed by atoms with Crippen LogP contribution >= 0.6 is 0 Å². The van der Waals surface area contributed by atoms with E-state index in [1.165, 1.54) is 6.08 Å². The number of amides is 1. The molecule has 0 saturated carbocycles. The lowest BCUT2D eigenvalue weighted by molar-refractivity contribution is -0.116. The normalized spacial score (nSPS) is 10.6. The molecule has 1 aromatic carbocycles. The Morgan fingerprint density at radius 2 is 2.05 bits per heavy atom. The lowest BCUT2D eigenvalue weighted by atomic mass is 10.1. The first kappa shape index (κ1) is 13.8. The number of benzene rings is 1. The van der Waals surface area contributed by atoms with Gasteiger partial charge in [-0.25, -0.2) is 0 Å². The summed E-state index contributed by atoms with van der Waals surface area (Å²) in [4.78, 5) is 15.6. The molecule has 0 radical (unpaired) electrons. The highest BCUT2D eigenvalue weighted by atomic mass is 16.3. The van der Waals surface area contributed by atoms with Crippen LogP contribution in [0.1, 0.15) is 11.1 Å². The molecule has 0 aliphatic carbocycles. The number of carbonyl (C=O) groups excluding carboxylic acids is 1. The first-order valence-electron chi connectivity index (χ1n) is 6.38. The predicted octanol–water partition coefficient (Wildman–Crippen LogP) is 2.16. The summed E-state index contributed by atoms with van der Waals surface area (Å²) in [6.45, 7) is 0.557. The molecule has 20 heavy (non-hydrogen) atoms. The Bertz CT molecular complexity index is 577. The van der Waals surface area contributed by atoms with E-state index in [0.29, 0.717) is 6.54 Å². The SMILES string of the molecule is O=C(/C=C/c1cccnc1)NCCc1ccc(O)cc1. The first-order valence-corrected chi connectivity index (χ1v) is 6.38. The molecule has 102 valence electrons. The zero-order valence-electron chi connectivity index (χ0n) is 11.0. The Labute approximate surface area is 117 Å². The van der Waals surface area contributed by atoms with Gasteiger partial charge in [0.05, 0.1) is 0 Å². The summed E-state index contributed by atoms with van der Waals surface area (Å²) >= 11 is 0. The molecule has 2 N–H and O–H groups in total. The van der Waals surface area contributed by atoms with Crippen LogP contribution in [0.4, 0.5) is 0 Å². The molecule has 2 rings (SSSR count). The Morgan fingerprint density at radius 1 is 1.25 bits per heavy atom. The molecule has 0 bridgehead atoms. The molecular formula is C16H16N2O2. The topological polar surface area (TPSA) is 62.2 Å². The van der Waals surface area contributed by atoms with Crippen LogP contribution in [-0.2, 0) is 11.2 Å². The number of aromatic hydroxyl groups is 1. The van der Waals surface area contributed by atoms with E-state index in [9.17, 15) is 4.79 Å². The third kappa shape index (κ3) is 4.57. The molecule has 0 unspecified atom stereocenters. The second-order valence-corrected chi connectivity index (χ2v) is 4.33. The van der Waals surface area contributed by atoms with Crippen LogP contribution < -0.4 is 5.32 Å². The Morgan fingerprint density at radius 3 is 2.75 bits per heavy atom. The fourth-order valence-electron chi connectivity index (χ4n) is 1.70. The summed E-state index contributed by atoms with van der Waals surface area (Å²) in [6.07, 6.45) is 7.33. The van der Waals surface area contributed by atoms with Crippen LogP contribution in [0.5, 0.6) is 5.75 Å². The average molecular weight is 268 g/mol. The van der Waals surface area contributed by atoms with Crippen LogP contribution in [0.25, 0.3) is 6.08 Å². The van der Waals surface area contributed by atoms with E-state index in [1.807, 2.05) is 24.3 Å². The summed E-state index contributed by atoms with van der Waals surface area (Å²) in [5.41, 5.74) is 1.96. The van der Waals surface area contributed by atoms with Crippen LogP contribution in [0.2, 0.25) is 0 Å². The smallest absolute Gasteiger partial charge is 0.244 e. The van der Waals surface area contributed by atoms with Gasteiger partial charge in [-0.05, 0) is 41.8 Å². The van der Waals surface area contributed by atoms with E-state index in [2.05, 4.69) is 10.3 Å². The highest BCUT2D eigenvalue weighted by Gasteiger charge is 1.97. The number of hydrogen-bond acceptors (Lipinski definition) is 3. The maximum atomic E-state index is 11.6. The van der Waals surface area contributed by atoms with Crippen molar-refractivity contribution in [3.63, 3.8) is 0 Å². The lowest BCUT2D eigenvalue weighted by Gasteiger charge is -2.03. The Hall–Kier alpha value is -2.62. The van der Waals surface area contributed by atoms with Crippen molar-refractivity contribution in [3.8, 4) is 5.75 Å². The van der Waals surface area contributed by atoms with Gasteiger partial charge in [-0.3, -0.25) is 9.78 Å². The second kappa shape index (κ2) is 7.09. The van der Waals surface area contributed by atoms with E-state index >= 15 is 0 Å². The number of phenols is 1. The van der Waals surface area contributed by atoms with E-state index in [0.717, 1.165) is 17.5 Å². The van der Waals surface area contributed by atoms with Crippen molar-refractivity contribution >= 4 is 12.0 Å². The number of nitrogens with one attached hydrogen (secondary N) is 1. The van der Waals surface area contributed by atoms with Gasteiger partial charge in [0, 0.05) is 25.0 Å². The third-order valence-corrected chi connectivity index (χ3v) is 2.76. The van der Waals surface area contributed by atoms with Gasteiger partial charge >= 0.3 is 0 Å². The summed E-state index contributed by atoms with van der Waals surface area (Å²) in [7, 11) is 0. The molecule has 0 aliphatic heterocycles. The van der Waals surface area contributed by atoms with Gasteiger partial charge in [-0.15, -0.1) is 0 Å². The molecule has 4 heteroatoms. The van der Waals surface area contributed by atoms with E-state index in [-0.39, 0.29) is 11.7 Å². The van der Waals surface area contributed by atoms with Gasteiger partial charge in [0.1, 0.15) is 5.75 Å². The van der Waals surface area contributed by atoms with Gasteiger partial charge in [-0.2, -0.15) is 0 Å². The Kier molecular flexibility index (Phi) is 4.89. The van der Waals surface area contributed by atoms with Crippen molar-refractivity contribution in [1.82, 2.24) is 10.3 Å². The molecule has 1 amide bonds. The lowest BCUT2D eigenvalue weighted by Crippen LogP contribution is -2.23. The number of phenolic OH excluding ortho intramolecular Hbond substituents is 1. The van der Waals surface area contributed by atoms with Crippen molar-refractivity contribution in [2.75, 3.05) is 6.54 Å². The predicted molar refractivity (Wildman–Crippen MR) is 78.1 cm³/mol. The quantitative estimate of drug-likeness (QED) is 0.817. The van der Waals surface area contributed by atoms with E-state index < -0.39 is 0 Å². The highest BCUT2D eigenvalue weighted by molar-refractivity contribution is 5.91. The van der Waals surface area contributed by atoms with Crippen LogP contribution in [0, 0.1) is 0 Å². The zero-order chi connectivity index (χ0) is 14.2. The standard InChI is InChI=1S/C16H16N2O2/c19-15-6-3-13(4-7-15)9-11-18-16(20)8-5-14-2-1-10-17-12-14/h1-8,10,12,19H,9,11H2,(H,18,20)/b8-5+. The molecule has 2 aromatic rings. The minimum atomic E-state index is -0.132. The number of aromatic nitrogens is 1. The highest BCUT2D eigenvalue weighted by Crippen LogP contribution is 2.09. The summed E-state index contributed by atoms with van der Waals surface area (Å²) in [6, 6.07) is 10.7. The second-order valence-electron chi connectivity index (χ2n) is 4.33. The third-order valence-electron chi connectivity index (χ3n) is 2.76. The van der Waals surface area contributed by atoms with Crippen LogP contribution in [0.3, 0.4) is 0 Å². The summed E-state index contributed by atoms with van der Waals surface area (Å²) in [5.74, 6) is 0.116. The molecule has 0 spiro atoms. The largest absolute Gasteiger partial charge is 0.508 e. The first-order chi connectivity index (χ1) is 9.74. The molecule has 0 aliphatic rings. The van der Waals surface area contributed by atoms with Crippen molar-refractivity contribution in [1.29, 1.82) is 0 Å².